The van der Waals surface area contributed by atoms with Crippen molar-refractivity contribution in [3.8, 4) is 0 Å². The number of carbonyl (C=O) groups excluding carboxylic acids is 1. The second kappa shape index (κ2) is 6.77. The molecule has 1 aliphatic rings. The maximum Gasteiger partial charge on any atom is 0.270 e. The maximum atomic E-state index is 12.6. The Morgan fingerprint density at radius 1 is 1.26 bits per heavy atom. The van der Waals surface area contributed by atoms with E-state index < -0.39 is 6.10 Å². The molecule has 0 radical (unpaired) electrons. The second-order valence-electron chi connectivity index (χ2n) is 6.14. The van der Waals surface area contributed by atoms with Gasteiger partial charge in [-0.05, 0) is 30.4 Å². The van der Waals surface area contributed by atoms with Gasteiger partial charge in [-0.15, -0.1) is 0 Å². The van der Waals surface area contributed by atoms with E-state index in [0.717, 1.165) is 18.4 Å². The standard InChI is InChI=1S/C18H21ClN2O2/c1-20-12-15(19)11-16(20)18(23)21-9-7-14(8-10-21)17(22)13-5-3-2-4-6-13/h2-6,11-12,14,17,22H,7-10H2,1H3. The fourth-order valence-electron chi connectivity index (χ4n) is 3.24. The average molecular weight is 333 g/mol. The summed E-state index contributed by atoms with van der Waals surface area (Å²) < 4.78 is 1.76. The molecule has 0 spiro atoms. The van der Waals surface area contributed by atoms with E-state index >= 15 is 0 Å². The van der Waals surface area contributed by atoms with Crippen LogP contribution in [0.15, 0.2) is 42.6 Å². The Morgan fingerprint density at radius 2 is 1.91 bits per heavy atom. The van der Waals surface area contributed by atoms with Crippen molar-refractivity contribution in [2.75, 3.05) is 13.1 Å². The van der Waals surface area contributed by atoms with Crippen LogP contribution in [-0.4, -0.2) is 33.6 Å². The van der Waals surface area contributed by atoms with Gasteiger partial charge >= 0.3 is 0 Å². The van der Waals surface area contributed by atoms with Crippen molar-refractivity contribution in [3.63, 3.8) is 0 Å². The van der Waals surface area contributed by atoms with E-state index in [1.807, 2.05) is 42.3 Å². The van der Waals surface area contributed by atoms with Gasteiger partial charge in [0.1, 0.15) is 5.69 Å². The number of carbonyl (C=O) groups is 1. The summed E-state index contributed by atoms with van der Waals surface area (Å²) in [5.41, 5.74) is 1.56. The number of likely N-dealkylation sites (tertiary alicyclic amines) is 1. The quantitative estimate of drug-likeness (QED) is 0.937. The lowest BCUT2D eigenvalue weighted by molar-refractivity contribution is 0.0456. The van der Waals surface area contributed by atoms with Gasteiger partial charge < -0.3 is 14.6 Å². The first-order chi connectivity index (χ1) is 11.1. The molecule has 1 N–H and O–H groups in total. The number of aromatic nitrogens is 1. The molecule has 2 heterocycles. The first-order valence-corrected chi connectivity index (χ1v) is 8.28. The molecule has 0 aliphatic carbocycles. The van der Waals surface area contributed by atoms with Crippen LogP contribution in [0.25, 0.3) is 0 Å². The van der Waals surface area contributed by atoms with E-state index in [1.54, 1.807) is 16.8 Å². The summed E-state index contributed by atoms with van der Waals surface area (Å²) in [7, 11) is 1.82. The van der Waals surface area contributed by atoms with Crippen LogP contribution < -0.4 is 0 Å². The third-order valence-corrected chi connectivity index (χ3v) is 4.81. The zero-order valence-corrected chi connectivity index (χ0v) is 13.9. The molecule has 0 saturated carbocycles. The Morgan fingerprint density at radius 3 is 2.48 bits per heavy atom. The van der Waals surface area contributed by atoms with Gasteiger partial charge in [0.05, 0.1) is 11.1 Å². The van der Waals surface area contributed by atoms with Crippen LogP contribution in [0, 0.1) is 5.92 Å². The third kappa shape index (κ3) is 3.43. The summed E-state index contributed by atoms with van der Waals surface area (Å²) in [6.45, 7) is 1.33. The van der Waals surface area contributed by atoms with Crippen LogP contribution in [-0.2, 0) is 7.05 Å². The Labute approximate surface area is 141 Å². The number of aryl methyl sites for hydroxylation is 1. The minimum absolute atomic E-state index is 0.00653. The molecule has 4 nitrogen and oxygen atoms in total. The summed E-state index contributed by atoms with van der Waals surface area (Å²) in [4.78, 5) is 14.4. The Balaban J connectivity index is 1.62. The molecule has 5 heteroatoms. The van der Waals surface area contributed by atoms with E-state index in [0.29, 0.717) is 23.8 Å². The molecule has 3 rings (SSSR count). The van der Waals surface area contributed by atoms with Gasteiger partial charge in [0, 0.05) is 26.3 Å². The number of hydrogen-bond acceptors (Lipinski definition) is 2. The number of aliphatic hydroxyl groups is 1. The number of piperidine rings is 1. The highest BCUT2D eigenvalue weighted by Crippen LogP contribution is 2.31. The molecule has 1 saturated heterocycles. The molecule has 1 aliphatic heterocycles. The SMILES string of the molecule is Cn1cc(Cl)cc1C(=O)N1CCC(C(O)c2ccccc2)CC1. The molecule has 23 heavy (non-hydrogen) atoms. The fraction of sp³-hybridized carbons (Fsp3) is 0.389. The predicted octanol–water partition coefficient (Wildman–Crippen LogP) is 3.26. The number of amides is 1. The van der Waals surface area contributed by atoms with Crippen LogP contribution >= 0.6 is 11.6 Å². The van der Waals surface area contributed by atoms with Crippen molar-refractivity contribution in [1.82, 2.24) is 9.47 Å². The number of benzene rings is 1. The minimum atomic E-state index is -0.460. The van der Waals surface area contributed by atoms with E-state index in [1.165, 1.54) is 0 Å². The lowest BCUT2D eigenvalue weighted by Crippen LogP contribution is -2.40. The van der Waals surface area contributed by atoms with E-state index in [9.17, 15) is 9.90 Å². The van der Waals surface area contributed by atoms with Gasteiger partial charge in [0.15, 0.2) is 0 Å². The highest BCUT2D eigenvalue weighted by Gasteiger charge is 2.29. The van der Waals surface area contributed by atoms with Crippen LogP contribution in [0.3, 0.4) is 0 Å². The number of hydrogen-bond donors (Lipinski definition) is 1. The number of halogens is 1. The zero-order valence-electron chi connectivity index (χ0n) is 13.2. The Kier molecular flexibility index (Phi) is 4.74. The topological polar surface area (TPSA) is 45.5 Å². The molecule has 1 aromatic heterocycles. The summed E-state index contributed by atoms with van der Waals surface area (Å²) in [5.74, 6) is 0.200. The van der Waals surface area contributed by atoms with Gasteiger partial charge in [-0.2, -0.15) is 0 Å². The van der Waals surface area contributed by atoms with Crippen LogP contribution in [0.4, 0.5) is 0 Å². The smallest absolute Gasteiger partial charge is 0.270 e. The van der Waals surface area contributed by atoms with Crippen LogP contribution in [0.1, 0.15) is 35.0 Å². The van der Waals surface area contributed by atoms with Crippen molar-refractivity contribution in [2.45, 2.75) is 18.9 Å². The highest BCUT2D eigenvalue weighted by molar-refractivity contribution is 6.31. The lowest BCUT2D eigenvalue weighted by atomic mass is 9.87. The predicted molar refractivity (Wildman–Crippen MR) is 90.5 cm³/mol. The maximum absolute atomic E-state index is 12.6. The Hall–Kier alpha value is -1.78. The molecule has 1 atom stereocenters. The average Bonchev–Trinajstić information content (AvgIpc) is 2.93. The van der Waals surface area contributed by atoms with E-state index in [2.05, 4.69) is 0 Å². The van der Waals surface area contributed by atoms with Gasteiger partial charge in [0.2, 0.25) is 0 Å². The monoisotopic (exact) mass is 332 g/mol. The largest absolute Gasteiger partial charge is 0.388 e. The van der Waals surface area contributed by atoms with Crippen LogP contribution in [0.5, 0.6) is 0 Å². The van der Waals surface area contributed by atoms with Crippen LogP contribution in [0.2, 0.25) is 5.02 Å². The number of rotatable bonds is 3. The van der Waals surface area contributed by atoms with E-state index in [4.69, 9.17) is 11.6 Å². The molecular weight excluding hydrogens is 312 g/mol. The molecule has 1 fully saturated rings. The summed E-state index contributed by atoms with van der Waals surface area (Å²) in [6.07, 6.45) is 2.89. The molecule has 1 aromatic carbocycles. The fourth-order valence-corrected chi connectivity index (χ4v) is 3.49. The third-order valence-electron chi connectivity index (χ3n) is 4.61. The highest BCUT2D eigenvalue weighted by atomic mass is 35.5. The summed E-state index contributed by atoms with van der Waals surface area (Å²) in [5, 5.41) is 11.1. The molecule has 1 unspecified atom stereocenters. The number of aliphatic hydroxyl groups excluding tert-OH is 1. The van der Waals surface area contributed by atoms with Crippen molar-refractivity contribution in [2.24, 2.45) is 13.0 Å². The van der Waals surface area contributed by atoms with Crippen molar-refractivity contribution in [1.29, 1.82) is 0 Å². The first-order valence-electron chi connectivity index (χ1n) is 7.90. The minimum Gasteiger partial charge on any atom is -0.388 e. The molecule has 1 amide bonds. The number of nitrogens with zero attached hydrogens (tertiary/aromatic N) is 2. The molecule has 122 valence electrons. The lowest BCUT2D eigenvalue weighted by Gasteiger charge is -2.34. The molecule has 0 bridgehead atoms. The summed E-state index contributed by atoms with van der Waals surface area (Å²) in [6, 6.07) is 11.4. The van der Waals surface area contributed by atoms with Gasteiger partial charge in [0.25, 0.3) is 5.91 Å². The summed E-state index contributed by atoms with van der Waals surface area (Å²) >= 11 is 5.96. The van der Waals surface area contributed by atoms with Crippen molar-refractivity contribution in [3.05, 3.63) is 58.9 Å². The van der Waals surface area contributed by atoms with Gasteiger partial charge in [-0.25, -0.2) is 0 Å². The first kappa shape index (κ1) is 16.1. The van der Waals surface area contributed by atoms with Gasteiger partial charge in [-0.3, -0.25) is 4.79 Å². The zero-order chi connectivity index (χ0) is 16.4. The normalized spacial score (nSPS) is 17.3. The second-order valence-corrected chi connectivity index (χ2v) is 6.58. The Bertz CT molecular complexity index is 676. The van der Waals surface area contributed by atoms with Crippen molar-refractivity contribution >= 4 is 17.5 Å². The molecular formula is C18H21ClN2O2. The van der Waals surface area contributed by atoms with Crippen molar-refractivity contribution < 1.29 is 9.90 Å². The van der Waals surface area contributed by atoms with E-state index in [-0.39, 0.29) is 11.8 Å². The van der Waals surface area contributed by atoms with Gasteiger partial charge in [-0.1, -0.05) is 41.9 Å². The molecule has 2 aromatic rings.